The smallest absolute Gasteiger partial charge is 0.337 e. The Bertz CT molecular complexity index is 922. The Balaban J connectivity index is 1.71. The van der Waals surface area contributed by atoms with E-state index in [4.69, 9.17) is 9.84 Å². The molecule has 0 aliphatic carbocycles. The van der Waals surface area contributed by atoms with Crippen molar-refractivity contribution in [2.24, 2.45) is 0 Å². The van der Waals surface area contributed by atoms with Crippen LogP contribution >= 0.6 is 0 Å². The van der Waals surface area contributed by atoms with Crippen LogP contribution in [0, 0.1) is 0 Å². The van der Waals surface area contributed by atoms with E-state index in [0.29, 0.717) is 5.75 Å². The van der Waals surface area contributed by atoms with Crippen molar-refractivity contribution in [2.75, 3.05) is 11.9 Å². The van der Waals surface area contributed by atoms with Gasteiger partial charge in [-0.3, -0.25) is 4.79 Å². The molecule has 0 aliphatic rings. The number of carboxylic acids is 1. The highest BCUT2D eigenvalue weighted by Gasteiger charge is 2.13. The molecule has 3 aromatic carbocycles. The zero-order chi connectivity index (χ0) is 18.4. The lowest BCUT2D eigenvalue weighted by atomic mass is 10.1. The second kappa shape index (κ2) is 7.98. The number of aromatic carboxylic acids is 1. The fourth-order valence-corrected chi connectivity index (χ4v) is 2.56. The summed E-state index contributed by atoms with van der Waals surface area (Å²) < 4.78 is 5.67. The number of benzene rings is 3. The molecule has 0 unspecified atom stereocenters. The van der Waals surface area contributed by atoms with Crippen molar-refractivity contribution >= 4 is 17.6 Å². The van der Waals surface area contributed by atoms with Gasteiger partial charge >= 0.3 is 5.97 Å². The fourth-order valence-electron chi connectivity index (χ4n) is 2.56. The molecule has 0 fully saturated rings. The molecular weight excluding hydrogens is 330 g/mol. The topological polar surface area (TPSA) is 75.6 Å². The minimum atomic E-state index is -1.10. The first-order valence-corrected chi connectivity index (χ1v) is 8.04. The molecule has 0 aromatic heterocycles. The second-order valence-corrected chi connectivity index (χ2v) is 5.55. The maximum atomic E-state index is 12.2. The summed E-state index contributed by atoms with van der Waals surface area (Å²) in [5.41, 5.74) is 2.14. The minimum Gasteiger partial charge on any atom is -0.483 e. The molecule has 3 aromatic rings. The van der Waals surface area contributed by atoms with Crippen molar-refractivity contribution in [3.63, 3.8) is 0 Å². The van der Waals surface area contributed by atoms with Gasteiger partial charge < -0.3 is 15.2 Å². The number of hydrogen-bond acceptors (Lipinski definition) is 3. The van der Waals surface area contributed by atoms with Crippen LogP contribution in [-0.4, -0.2) is 23.6 Å². The van der Waals surface area contributed by atoms with Gasteiger partial charge in [0.05, 0.1) is 11.3 Å². The average Bonchev–Trinajstić information content (AvgIpc) is 2.67. The summed E-state index contributed by atoms with van der Waals surface area (Å²) in [4.78, 5) is 23.4. The summed E-state index contributed by atoms with van der Waals surface area (Å²) in [5, 5.41) is 11.7. The summed E-state index contributed by atoms with van der Waals surface area (Å²) in [6.45, 7) is -0.224. The molecule has 2 N–H and O–H groups in total. The Labute approximate surface area is 150 Å². The number of carbonyl (C=O) groups excluding carboxylic acids is 1. The number of nitrogens with one attached hydrogen (secondary N) is 1. The third-order valence-electron chi connectivity index (χ3n) is 3.76. The van der Waals surface area contributed by atoms with Crippen LogP contribution in [0.15, 0.2) is 78.9 Å². The van der Waals surface area contributed by atoms with Crippen molar-refractivity contribution in [1.29, 1.82) is 0 Å². The molecule has 3 rings (SSSR count). The van der Waals surface area contributed by atoms with E-state index in [2.05, 4.69) is 5.32 Å². The van der Waals surface area contributed by atoms with E-state index < -0.39 is 11.9 Å². The van der Waals surface area contributed by atoms with Crippen LogP contribution in [0.3, 0.4) is 0 Å². The molecule has 0 radical (unpaired) electrons. The molecular formula is C21H17NO4. The number of anilines is 1. The van der Waals surface area contributed by atoms with Crippen LogP contribution < -0.4 is 10.1 Å². The fraction of sp³-hybridized carbons (Fsp3) is 0.0476. The zero-order valence-corrected chi connectivity index (χ0v) is 13.9. The van der Waals surface area contributed by atoms with Crippen molar-refractivity contribution in [2.45, 2.75) is 0 Å². The standard InChI is InChI=1S/C21H17NO4/c23-20(22-18-12-6-4-11-17(18)21(24)25)14-26-19-13-7-5-10-16(19)15-8-2-1-3-9-15/h1-13H,14H2,(H,22,23)(H,24,25). The van der Waals surface area contributed by atoms with E-state index in [1.165, 1.54) is 6.07 Å². The normalized spacial score (nSPS) is 10.2. The molecule has 5 nitrogen and oxygen atoms in total. The van der Waals surface area contributed by atoms with Crippen LogP contribution in [-0.2, 0) is 4.79 Å². The van der Waals surface area contributed by atoms with E-state index in [9.17, 15) is 9.59 Å². The molecule has 0 saturated heterocycles. The number of para-hydroxylation sites is 2. The van der Waals surface area contributed by atoms with Gasteiger partial charge in [-0.15, -0.1) is 0 Å². The molecule has 0 heterocycles. The number of hydrogen-bond donors (Lipinski definition) is 2. The van der Waals surface area contributed by atoms with Gasteiger partial charge in [0.2, 0.25) is 0 Å². The van der Waals surface area contributed by atoms with Crippen LogP contribution in [0.25, 0.3) is 11.1 Å². The van der Waals surface area contributed by atoms with Gasteiger partial charge in [-0.05, 0) is 23.8 Å². The summed E-state index contributed by atoms with van der Waals surface area (Å²) in [6.07, 6.45) is 0. The SMILES string of the molecule is O=C(COc1ccccc1-c1ccccc1)Nc1ccccc1C(=O)O. The second-order valence-electron chi connectivity index (χ2n) is 5.55. The molecule has 1 amide bonds. The van der Waals surface area contributed by atoms with E-state index in [-0.39, 0.29) is 17.9 Å². The van der Waals surface area contributed by atoms with Crippen LogP contribution in [0.5, 0.6) is 5.75 Å². The van der Waals surface area contributed by atoms with Gasteiger partial charge in [0.15, 0.2) is 6.61 Å². The molecule has 0 aliphatic heterocycles. The predicted octanol–water partition coefficient (Wildman–Crippen LogP) is 4.07. The molecule has 0 atom stereocenters. The quantitative estimate of drug-likeness (QED) is 0.705. The number of rotatable bonds is 6. The van der Waals surface area contributed by atoms with E-state index in [1.54, 1.807) is 24.3 Å². The first kappa shape index (κ1) is 17.2. The third kappa shape index (κ3) is 4.08. The molecule has 5 heteroatoms. The molecule has 130 valence electrons. The largest absolute Gasteiger partial charge is 0.483 e. The van der Waals surface area contributed by atoms with Gasteiger partial charge in [-0.1, -0.05) is 60.7 Å². The highest BCUT2D eigenvalue weighted by atomic mass is 16.5. The molecule has 0 spiro atoms. The lowest BCUT2D eigenvalue weighted by molar-refractivity contribution is -0.118. The summed E-state index contributed by atoms with van der Waals surface area (Å²) >= 11 is 0. The zero-order valence-electron chi connectivity index (χ0n) is 13.9. The minimum absolute atomic E-state index is 0.0329. The maximum absolute atomic E-state index is 12.2. The van der Waals surface area contributed by atoms with Crippen LogP contribution in [0.1, 0.15) is 10.4 Å². The highest BCUT2D eigenvalue weighted by Crippen LogP contribution is 2.29. The first-order valence-electron chi connectivity index (χ1n) is 8.04. The Kier molecular flexibility index (Phi) is 5.29. The van der Waals surface area contributed by atoms with Crippen molar-refractivity contribution in [3.8, 4) is 16.9 Å². The summed E-state index contributed by atoms with van der Waals surface area (Å²) in [7, 11) is 0. The van der Waals surface area contributed by atoms with Gasteiger partial charge in [0, 0.05) is 5.56 Å². The van der Waals surface area contributed by atoms with Crippen LogP contribution in [0.4, 0.5) is 5.69 Å². The summed E-state index contributed by atoms with van der Waals surface area (Å²) in [6, 6.07) is 23.4. The number of ether oxygens (including phenoxy) is 1. The van der Waals surface area contributed by atoms with Gasteiger partial charge in [0.1, 0.15) is 5.75 Å². The Morgan fingerprint density at radius 1 is 0.846 bits per heavy atom. The van der Waals surface area contributed by atoms with Gasteiger partial charge in [0.25, 0.3) is 5.91 Å². The van der Waals surface area contributed by atoms with E-state index in [0.717, 1.165) is 11.1 Å². The monoisotopic (exact) mass is 347 g/mol. The summed E-state index contributed by atoms with van der Waals surface area (Å²) in [5.74, 6) is -0.946. The van der Waals surface area contributed by atoms with Crippen molar-refractivity contribution < 1.29 is 19.4 Å². The molecule has 0 saturated carbocycles. The number of amides is 1. The van der Waals surface area contributed by atoms with Crippen LogP contribution in [0.2, 0.25) is 0 Å². The number of carboxylic acid groups (broad SMARTS) is 1. The Morgan fingerprint density at radius 3 is 2.27 bits per heavy atom. The predicted molar refractivity (Wildman–Crippen MR) is 99.4 cm³/mol. The first-order chi connectivity index (χ1) is 12.6. The van der Waals surface area contributed by atoms with Gasteiger partial charge in [-0.25, -0.2) is 4.79 Å². The highest BCUT2D eigenvalue weighted by molar-refractivity contribution is 6.00. The Morgan fingerprint density at radius 2 is 1.50 bits per heavy atom. The average molecular weight is 347 g/mol. The molecule has 0 bridgehead atoms. The molecule has 26 heavy (non-hydrogen) atoms. The lowest BCUT2D eigenvalue weighted by Crippen LogP contribution is -2.21. The maximum Gasteiger partial charge on any atom is 0.337 e. The van der Waals surface area contributed by atoms with Crippen molar-refractivity contribution in [3.05, 3.63) is 84.4 Å². The van der Waals surface area contributed by atoms with E-state index in [1.807, 2.05) is 48.5 Å². The van der Waals surface area contributed by atoms with Crippen molar-refractivity contribution in [1.82, 2.24) is 0 Å². The lowest BCUT2D eigenvalue weighted by Gasteiger charge is -2.12. The number of carbonyl (C=O) groups is 2. The third-order valence-corrected chi connectivity index (χ3v) is 3.76. The van der Waals surface area contributed by atoms with E-state index >= 15 is 0 Å². The van der Waals surface area contributed by atoms with Gasteiger partial charge in [-0.2, -0.15) is 0 Å². The Hall–Kier alpha value is -3.60.